The van der Waals surface area contributed by atoms with Crippen LogP contribution in [0.5, 0.6) is 23.0 Å². The summed E-state index contributed by atoms with van der Waals surface area (Å²) in [4.78, 5) is 40.1. The van der Waals surface area contributed by atoms with E-state index in [1.165, 1.54) is 20.3 Å². The van der Waals surface area contributed by atoms with E-state index in [4.69, 9.17) is 34.2 Å². The molecule has 0 saturated carbocycles. The number of unbranched alkanes of at least 4 members (excludes halogenated alkanes) is 2. The number of benzene rings is 2. The number of anilines is 2. The zero-order valence-electron chi connectivity index (χ0n) is 27.4. The molecule has 3 N–H and O–H groups in total. The van der Waals surface area contributed by atoms with Crippen molar-refractivity contribution in [3.63, 3.8) is 0 Å². The van der Waals surface area contributed by atoms with E-state index < -0.39 is 20.1 Å². The van der Waals surface area contributed by atoms with Crippen LogP contribution in [0.15, 0.2) is 36.4 Å². The molecule has 46 heavy (non-hydrogen) atoms. The van der Waals surface area contributed by atoms with Crippen molar-refractivity contribution < 1.29 is 42.8 Å². The first-order chi connectivity index (χ1) is 21.9. The number of nitrogens with two attached hydrogens (primary N) is 1. The molecule has 13 heteroatoms. The van der Waals surface area contributed by atoms with Crippen LogP contribution in [-0.4, -0.2) is 84.2 Å². The molecule has 1 saturated heterocycles. The van der Waals surface area contributed by atoms with Gasteiger partial charge in [0.05, 0.1) is 49.9 Å². The topological polar surface area (TPSA) is 148 Å². The van der Waals surface area contributed by atoms with E-state index in [0.717, 1.165) is 30.9 Å². The molecule has 2 amide bonds. The smallest absolute Gasteiger partial charge is 0.342 e. The number of rotatable bonds is 16. The van der Waals surface area contributed by atoms with Crippen molar-refractivity contribution >= 4 is 37.2 Å². The van der Waals surface area contributed by atoms with E-state index in [-0.39, 0.29) is 29.9 Å². The van der Waals surface area contributed by atoms with Gasteiger partial charge in [0.15, 0.2) is 29.8 Å². The number of methoxy groups -OCH3 is 2. The van der Waals surface area contributed by atoms with Crippen molar-refractivity contribution in [3.8, 4) is 23.0 Å². The third-order valence-electron chi connectivity index (χ3n) is 7.74. The number of fused-ring (bicyclic) bond motifs is 2. The molecule has 2 aliphatic heterocycles. The number of carbonyl (C=O) groups excluding carboxylic acids is 3. The Morgan fingerprint density at radius 2 is 1.61 bits per heavy atom. The predicted molar refractivity (Wildman–Crippen MR) is 177 cm³/mol. The molecule has 0 radical (unpaired) electrons. The summed E-state index contributed by atoms with van der Waals surface area (Å²) in [6.45, 7) is 12.2. The quantitative estimate of drug-likeness (QED) is 0.0625. The van der Waals surface area contributed by atoms with Crippen LogP contribution in [0.3, 0.4) is 0 Å². The molecule has 1 atom stereocenters. The number of hydrogen-bond acceptors (Lipinski definition) is 10. The maximum absolute atomic E-state index is 13.2. The normalized spacial score (nSPS) is 15.9. The van der Waals surface area contributed by atoms with Crippen LogP contribution in [0.4, 0.5) is 11.4 Å². The lowest BCUT2D eigenvalue weighted by Crippen LogP contribution is -2.40. The number of nitrogens with one attached hydrogen (secondary N) is 1. The molecule has 0 aromatic heterocycles. The zero-order valence-corrected chi connectivity index (χ0v) is 28.4. The number of nitrogen functional groups attached to an aromatic ring is 1. The number of esters is 1. The summed E-state index contributed by atoms with van der Waals surface area (Å²) >= 11 is 0. The molecule has 2 aromatic carbocycles. The molecule has 4 rings (SSSR count). The van der Waals surface area contributed by atoms with Gasteiger partial charge in [-0.1, -0.05) is 31.8 Å². The molecular weight excluding hydrogens is 610 g/mol. The molecule has 0 bridgehead atoms. The number of carbonyl (C=O) groups is 3. The van der Waals surface area contributed by atoms with Crippen LogP contribution in [0.1, 0.15) is 46.4 Å². The fourth-order valence-corrected chi connectivity index (χ4v) is 5.87. The van der Waals surface area contributed by atoms with Gasteiger partial charge in [-0.3, -0.25) is 9.59 Å². The highest BCUT2D eigenvalue weighted by molar-refractivity contribution is 6.76. The van der Waals surface area contributed by atoms with E-state index in [9.17, 15) is 14.4 Å². The van der Waals surface area contributed by atoms with Crippen LogP contribution >= 0.6 is 0 Å². The van der Waals surface area contributed by atoms with Crippen molar-refractivity contribution in [1.29, 1.82) is 0 Å². The summed E-state index contributed by atoms with van der Waals surface area (Å²) in [5.74, 6) is 0.565. The van der Waals surface area contributed by atoms with Gasteiger partial charge in [-0.05, 0) is 37.8 Å². The average molecular weight is 656 g/mol. The summed E-state index contributed by atoms with van der Waals surface area (Å²) in [7, 11) is 1.77. The van der Waals surface area contributed by atoms with Gasteiger partial charge in [0.25, 0.3) is 5.91 Å². The Kier molecular flexibility index (Phi) is 11.6. The Balaban J connectivity index is 1.23. The van der Waals surface area contributed by atoms with Crippen LogP contribution in [0, 0.1) is 0 Å². The molecule has 250 valence electrons. The number of hydrogen-bond donors (Lipinski definition) is 2. The van der Waals surface area contributed by atoms with Crippen molar-refractivity contribution in [1.82, 2.24) is 4.90 Å². The first kappa shape index (κ1) is 34.6. The van der Waals surface area contributed by atoms with Gasteiger partial charge in [0, 0.05) is 39.4 Å². The fraction of sp³-hybridized carbons (Fsp3) is 0.485. The van der Waals surface area contributed by atoms with E-state index in [0.29, 0.717) is 67.0 Å². The monoisotopic (exact) mass is 655 g/mol. The molecule has 2 aliphatic rings. The summed E-state index contributed by atoms with van der Waals surface area (Å²) in [6.07, 6.45) is 2.68. The summed E-state index contributed by atoms with van der Waals surface area (Å²) in [6, 6.07) is 6.72. The van der Waals surface area contributed by atoms with Crippen LogP contribution in [-0.2, 0) is 14.3 Å². The molecule has 0 aliphatic carbocycles. The Bertz CT molecular complexity index is 1460. The third kappa shape index (κ3) is 8.72. The fourth-order valence-electron chi connectivity index (χ4n) is 5.11. The highest BCUT2D eigenvalue weighted by Gasteiger charge is 2.40. The highest BCUT2D eigenvalue weighted by Crippen LogP contribution is 2.38. The third-order valence-corrected chi connectivity index (χ3v) is 9.44. The van der Waals surface area contributed by atoms with Crippen LogP contribution < -0.4 is 30.0 Å². The molecule has 2 aromatic rings. The molecule has 0 unspecified atom stereocenters. The number of amides is 2. The van der Waals surface area contributed by atoms with E-state index in [1.54, 1.807) is 23.1 Å². The number of nitrogens with zero attached hydrogens (tertiary/aromatic N) is 1. The van der Waals surface area contributed by atoms with E-state index in [2.05, 4.69) is 31.5 Å². The maximum atomic E-state index is 13.2. The van der Waals surface area contributed by atoms with Crippen molar-refractivity contribution in [2.75, 3.05) is 58.4 Å². The Hall–Kier alpha value is -4.23. The average Bonchev–Trinajstić information content (AvgIpc) is 3.37. The predicted octanol–water partition coefficient (Wildman–Crippen LogP) is 5.11. The lowest BCUT2D eigenvalue weighted by atomic mass is 10.1. The largest absolute Gasteiger partial charge is 0.493 e. The molecular formula is C33H45N3O9Si. The van der Waals surface area contributed by atoms with E-state index >= 15 is 0 Å². The second kappa shape index (κ2) is 15.4. The first-order valence-corrected chi connectivity index (χ1v) is 19.1. The van der Waals surface area contributed by atoms with Gasteiger partial charge in [-0.15, -0.1) is 0 Å². The molecule has 1 fully saturated rings. The number of ether oxygens (including phenoxy) is 6. The Morgan fingerprint density at radius 3 is 2.26 bits per heavy atom. The minimum atomic E-state index is -1.23. The first-order valence-electron chi connectivity index (χ1n) is 15.4. The summed E-state index contributed by atoms with van der Waals surface area (Å²) in [5, 5.41) is 2.87. The standard InChI is InChI=1S/C33H45N3O9Si/c1-21-14-26-31(37)35-25-18-30(28(41-3)16-23(25)32(38)36(26)19-21)44-11-9-7-8-10-43-29-17-24(34)22(15-27(29)40-2)33(39)45-20-42-12-13-46(4,5)6/h15-18,26H,1,7-14,19-20,34H2,2-6H3,(H,35,37)/t26-/m0/s1. The van der Waals surface area contributed by atoms with Gasteiger partial charge < -0.3 is 44.4 Å². The molecule has 12 nitrogen and oxygen atoms in total. The van der Waals surface area contributed by atoms with Gasteiger partial charge in [0.1, 0.15) is 6.04 Å². The lowest BCUT2D eigenvalue weighted by molar-refractivity contribution is -0.119. The van der Waals surface area contributed by atoms with Crippen LogP contribution in [0.2, 0.25) is 25.7 Å². The Labute approximate surface area is 271 Å². The SMILES string of the molecule is C=C1C[C@H]2C(=O)Nc3cc(OCCCCCOc4cc(N)c(C(=O)OCOCC[Si](C)(C)C)cc4OC)c(OC)cc3C(=O)N2C1. The van der Waals surface area contributed by atoms with Crippen molar-refractivity contribution in [3.05, 3.63) is 47.5 Å². The minimum Gasteiger partial charge on any atom is -0.493 e. The summed E-state index contributed by atoms with van der Waals surface area (Å²) in [5.41, 5.74) is 8.13. The second-order valence-electron chi connectivity index (χ2n) is 12.6. The highest BCUT2D eigenvalue weighted by atomic mass is 28.3. The van der Waals surface area contributed by atoms with Gasteiger partial charge in [0.2, 0.25) is 5.91 Å². The summed E-state index contributed by atoms with van der Waals surface area (Å²) < 4.78 is 33.5. The lowest BCUT2D eigenvalue weighted by Gasteiger charge is -2.19. The van der Waals surface area contributed by atoms with Crippen molar-refractivity contribution in [2.45, 2.75) is 57.4 Å². The van der Waals surface area contributed by atoms with E-state index in [1.807, 2.05) is 0 Å². The van der Waals surface area contributed by atoms with Gasteiger partial charge in [-0.25, -0.2) is 4.79 Å². The molecule has 0 spiro atoms. The van der Waals surface area contributed by atoms with Gasteiger partial charge >= 0.3 is 5.97 Å². The minimum absolute atomic E-state index is 0.140. The second-order valence-corrected chi connectivity index (χ2v) is 18.2. The zero-order chi connectivity index (χ0) is 33.4. The Morgan fingerprint density at radius 1 is 0.957 bits per heavy atom. The molecule has 2 heterocycles. The van der Waals surface area contributed by atoms with Crippen LogP contribution in [0.25, 0.3) is 0 Å². The van der Waals surface area contributed by atoms with Gasteiger partial charge in [-0.2, -0.15) is 0 Å². The van der Waals surface area contributed by atoms with Crippen molar-refractivity contribution in [2.24, 2.45) is 0 Å². The maximum Gasteiger partial charge on any atom is 0.342 e.